The molecule has 0 spiro atoms. The molecule has 2 heterocycles. The fourth-order valence-corrected chi connectivity index (χ4v) is 2.44. The number of amides is 1. The van der Waals surface area contributed by atoms with Crippen molar-refractivity contribution in [3.63, 3.8) is 0 Å². The topological polar surface area (TPSA) is 70.7 Å². The molecule has 0 atom stereocenters. The molecule has 0 saturated carbocycles. The van der Waals surface area contributed by atoms with Gasteiger partial charge in [0.25, 0.3) is 5.91 Å². The van der Waals surface area contributed by atoms with Gasteiger partial charge in [0.2, 0.25) is 0 Å². The number of benzene rings is 1. The van der Waals surface area contributed by atoms with Crippen LogP contribution in [0.1, 0.15) is 21.5 Å². The van der Waals surface area contributed by atoms with Crippen LogP contribution in [-0.2, 0) is 6.42 Å². The molecule has 5 heteroatoms. The fraction of sp³-hybridized carbons (Fsp3) is 0.167. The lowest BCUT2D eigenvalue weighted by atomic mass is 10.1. The Morgan fingerprint density at radius 2 is 2.04 bits per heavy atom. The van der Waals surface area contributed by atoms with Crippen molar-refractivity contribution >= 4 is 5.91 Å². The van der Waals surface area contributed by atoms with Gasteiger partial charge in [-0.2, -0.15) is 5.10 Å². The number of nitrogens with zero attached hydrogens (tertiary/aromatic N) is 2. The number of nitrogens with one attached hydrogen (secondary N) is 2. The average Bonchev–Trinajstić information content (AvgIpc) is 3.05. The van der Waals surface area contributed by atoms with Gasteiger partial charge in [-0.1, -0.05) is 23.8 Å². The Morgan fingerprint density at radius 3 is 2.83 bits per heavy atom. The van der Waals surface area contributed by atoms with Crippen molar-refractivity contribution in [3.8, 4) is 11.3 Å². The number of carbonyl (C=O) groups is 1. The lowest BCUT2D eigenvalue weighted by Gasteiger charge is -2.06. The summed E-state index contributed by atoms with van der Waals surface area (Å²) in [7, 11) is 0. The van der Waals surface area contributed by atoms with Crippen LogP contribution in [0.25, 0.3) is 11.3 Å². The summed E-state index contributed by atoms with van der Waals surface area (Å²) < 4.78 is 0. The highest BCUT2D eigenvalue weighted by Crippen LogP contribution is 2.21. The quantitative estimate of drug-likeness (QED) is 0.761. The maximum Gasteiger partial charge on any atom is 0.255 e. The molecular weight excluding hydrogens is 288 g/mol. The van der Waals surface area contributed by atoms with E-state index in [1.54, 1.807) is 18.6 Å². The van der Waals surface area contributed by atoms with E-state index in [1.807, 2.05) is 43.3 Å². The second kappa shape index (κ2) is 6.87. The molecule has 5 nitrogen and oxygen atoms in total. The van der Waals surface area contributed by atoms with Gasteiger partial charge in [0.15, 0.2) is 0 Å². The molecular formula is C18H18N4O. The van der Waals surface area contributed by atoms with Crippen molar-refractivity contribution in [1.82, 2.24) is 20.5 Å². The molecule has 116 valence electrons. The number of hydrogen-bond donors (Lipinski definition) is 2. The maximum atomic E-state index is 12.4. The van der Waals surface area contributed by atoms with Gasteiger partial charge in [0, 0.05) is 24.5 Å². The van der Waals surface area contributed by atoms with Crippen LogP contribution in [-0.4, -0.2) is 27.6 Å². The molecule has 2 aromatic heterocycles. The molecule has 0 saturated heterocycles. The number of rotatable bonds is 5. The number of hydrogen-bond acceptors (Lipinski definition) is 3. The van der Waals surface area contributed by atoms with Crippen LogP contribution in [0.3, 0.4) is 0 Å². The van der Waals surface area contributed by atoms with E-state index in [0.29, 0.717) is 12.1 Å². The van der Waals surface area contributed by atoms with Crippen LogP contribution in [0.15, 0.2) is 55.0 Å². The van der Waals surface area contributed by atoms with Gasteiger partial charge in [-0.15, -0.1) is 0 Å². The molecule has 0 unspecified atom stereocenters. The third-order valence-corrected chi connectivity index (χ3v) is 3.64. The first kappa shape index (κ1) is 15.0. The van der Waals surface area contributed by atoms with Gasteiger partial charge < -0.3 is 5.32 Å². The van der Waals surface area contributed by atoms with Gasteiger partial charge in [-0.05, 0) is 37.1 Å². The van der Waals surface area contributed by atoms with Crippen LogP contribution in [0.4, 0.5) is 0 Å². The Kier molecular flexibility index (Phi) is 4.47. The van der Waals surface area contributed by atoms with Gasteiger partial charge in [0.05, 0.1) is 17.5 Å². The number of carbonyl (C=O) groups excluding carboxylic acids is 1. The van der Waals surface area contributed by atoms with E-state index in [1.165, 1.54) is 0 Å². The predicted molar refractivity (Wildman–Crippen MR) is 89.0 cm³/mol. The average molecular weight is 306 g/mol. The fourth-order valence-electron chi connectivity index (χ4n) is 2.44. The number of pyridine rings is 1. The molecule has 0 aliphatic carbocycles. The summed E-state index contributed by atoms with van der Waals surface area (Å²) in [5, 5.41) is 9.88. The molecule has 3 rings (SSSR count). The largest absolute Gasteiger partial charge is 0.352 e. The highest BCUT2D eigenvalue weighted by atomic mass is 16.1. The summed E-state index contributed by atoms with van der Waals surface area (Å²) in [6.07, 6.45) is 5.84. The van der Waals surface area contributed by atoms with Crippen molar-refractivity contribution in [2.24, 2.45) is 0 Å². The van der Waals surface area contributed by atoms with E-state index in [-0.39, 0.29) is 5.91 Å². The zero-order valence-corrected chi connectivity index (χ0v) is 12.9. The Morgan fingerprint density at radius 1 is 1.22 bits per heavy atom. The van der Waals surface area contributed by atoms with Gasteiger partial charge >= 0.3 is 0 Å². The zero-order chi connectivity index (χ0) is 16.1. The van der Waals surface area contributed by atoms with E-state index in [4.69, 9.17) is 0 Å². The number of aromatic amines is 1. The summed E-state index contributed by atoms with van der Waals surface area (Å²) in [5.74, 6) is -0.121. The summed E-state index contributed by atoms with van der Waals surface area (Å²) in [6.45, 7) is 2.59. The summed E-state index contributed by atoms with van der Waals surface area (Å²) in [6, 6.07) is 11.9. The van der Waals surface area contributed by atoms with Crippen molar-refractivity contribution in [3.05, 3.63) is 71.7 Å². The standard InChI is InChI=1S/C18H18N4O/c1-13-3-2-4-15(11-13)17-16(12-21-22-17)18(23)20-10-7-14-5-8-19-9-6-14/h2-6,8-9,11-12H,7,10H2,1H3,(H,20,23)(H,21,22). The molecule has 0 aliphatic rings. The minimum Gasteiger partial charge on any atom is -0.352 e. The number of aromatic nitrogens is 3. The van der Waals surface area contributed by atoms with Crippen molar-refractivity contribution in [2.75, 3.05) is 6.54 Å². The van der Waals surface area contributed by atoms with Gasteiger partial charge in [0.1, 0.15) is 0 Å². The minimum atomic E-state index is -0.121. The highest BCUT2D eigenvalue weighted by molar-refractivity contribution is 5.99. The summed E-state index contributed by atoms with van der Waals surface area (Å²) in [5.41, 5.74) is 4.55. The first-order chi connectivity index (χ1) is 11.2. The minimum absolute atomic E-state index is 0.121. The van der Waals surface area contributed by atoms with Crippen LogP contribution in [0, 0.1) is 6.92 Å². The van der Waals surface area contributed by atoms with E-state index in [2.05, 4.69) is 20.5 Å². The number of aryl methyl sites for hydroxylation is 1. The van der Waals surface area contributed by atoms with E-state index < -0.39 is 0 Å². The Bertz CT molecular complexity index is 796. The molecule has 0 fully saturated rings. The van der Waals surface area contributed by atoms with E-state index >= 15 is 0 Å². The SMILES string of the molecule is Cc1cccc(-c2[nH]ncc2C(=O)NCCc2ccncc2)c1. The molecule has 2 N–H and O–H groups in total. The lowest BCUT2D eigenvalue weighted by molar-refractivity contribution is 0.0955. The second-order valence-corrected chi connectivity index (χ2v) is 5.39. The maximum absolute atomic E-state index is 12.4. The number of H-pyrrole nitrogens is 1. The summed E-state index contributed by atoms with van der Waals surface area (Å²) in [4.78, 5) is 16.4. The first-order valence-corrected chi connectivity index (χ1v) is 7.51. The molecule has 0 aliphatic heterocycles. The molecule has 23 heavy (non-hydrogen) atoms. The Balaban J connectivity index is 1.68. The molecule has 3 aromatic rings. The van der Waals surface area contributed by atoms with Gasteiger partial charge in [-0.3, -0.25) is 14.9 Å². The van der Waals surface area contributed by atoms with Gasteiger partial charge in [-0.25, -0.2) is 0 Å². The van der Waals surface area contributed by atoms with E-state index in [9.17, 15) is 4.79 Å². The smallest absolute Gasteiger partial charge is 0.255 e. The van der Waals surface area contributed by atoms with Crippen LogP contribution in [0.2, 0.25) is 0 Å². The summed E-state index contributed by atoms with van der Waals surface area (Å²) >= 11 is 0. The second-order valence-electron chi connectivity index (χ2n) is 5.39. The van der Waals surface area contributed by atoms with Crippen molar-refractivity contribution < 1.29 is 4.79 Å². The third kappa shape index (κ3) is 3.63. The molecule has 1 amide bonds. The predicted octanol–water partition coefficient (Wildman–Crippen LogP) is 2.75. The Hall–Kier alpha value is -2.95. The lowest BCUT2D eigenvalue weighted by Crippen LogP contribution is -2.25. The first-order valence-electron chi connectivity index (χ1n) is 7.51. The molecule has 0 bridgehead atoms. The van der Waals surface area contributed by atoms with Crippen LogP contribution in [0.5, 0.6) is 0 Å². The molecule has 0 radical (unpaired) electrons. The van der Waals surface area contributed by atoms with Crippen LogP contribution < -0.4 is 5.32 Å². The van der Waals surface area contributed by atoms with Crippen molar-refractivity contribution in [2.45, 2.75) is 13.3 Å². The van der Waals surface area contributed by atoms with Crippen molar-refractivity contribution in [1.29, 1.82) is 0 Å². The van der Waals surface area contributed by atoms with Crippen LogP contribution >= 0.6 is 0 Å². The third-order valence-electron chi connectivity index (χ3n) is 3.64. The normalized spacial score (nSPS) is 10.5. The monoisotopic (exact) mass is 306 g/mol. The van der Waals surface area contributed by atoms with E-state index in [0.717, 1.165) is 28.8 Å². The highest BCUT2D eigenvalue weighted by Gasteiger charge is 2.14. The Labute approximate surface area is 134 Å². The molecule has 1 aromatic carbocycles. The zero-order valence-electron chi connectivity index (χ0n) is 12.9.